The number of ether oxygens (including phenoxy) is 4. The molecule has 40 heavy (non-hydrogen) atoms. The summed E-state index contributed by atoms with van der Waals surface area (Å²) in [6.45, 7) is 7.69. The number of hydrazone groups is 1. The van der Waals surface area contributed by atoms with E-state index in [1.54, 1.807) is 37.4 Å². The summed E-state index contributed by atoms with van der Waals surface area (Å²) in [4.78, 5) is 24.5. The topological polar surface area (TPSA) is 140 Å². The first-order valence-electron chi connectivity index (χ1n) is 12.1. The molecule has 0 saturated carbocycles. The maximum absolute atomic E-state index is 12.4. The average molecular weight is 729 g/mol. The van der Waals surface area contributed by atoms with Crippen LogP contribution in [0.2, 0.25) is 0 Å². The van der Waals surface area contributed by atoms with Crippen LogP contribution in [0.1, 0.15) is 31.0 Å². The molecule has 0 radical (unpaired) electrons. The predicted molar refractivity (Wildman–Crippen MR) is 162 cm³/mol. The van der Waals surface area contributed by atoms with Crippen LogP contribution in [0.3, 0.4) is 0 Å². The van der Waals surface area contributed by atoms with Gasteiger partial charge in [-0.1, -0.05) is 18.7 Å². The molecule has 0 aliphatic carbocycles. The van der Waals surface area contributed by atoms with Gasteiger partial charge < -0.3 is 34.7 Å². The van der Waals surface area contributed by atoms with Crippen molar-refractivity contribution in [2.24, 2.45) is 5.10 Å². The van der Waals surface area contributed by atoms with E-state index in [9.17, 15) is 14.7 Å². The van der Waals surface area contributed by atoms with Gasteiger partial charge in [0.1, 0.15) is 19.0 Å². The molecule has 0 bridgehead atoms. The molecule has 11 nitrogen and oxygen atoms in total. The Morgan fingerprint density at radius 3 is 2.73 bits per heavy atom. The van der Waals surface area contributed by atoms with Crippen molar-refractivity contribution >= 4 is 56.7 Å². The number of carbonyl (C=O) groups excluding carboxylic acids is 2. The number of hydrogen-bond acceptors (Lipinski definition) is 9. The van der Waals surface area contributed by atoms with Gasteiger partial charge in [-0.25, -0.2) is 9.59 Å². The number of urea groups is 1. The van der Waals surface area contributed by atoms with E-state index in [0.29, 0.717) is 41.7 Å². The second-order valence-corrected chi connectivity index (χ2v) is 10.3. The Labute approximate surface area is 254 Å². The summed E-state index contributed by atoms with van der Waals surface area (Å²) >= 11 is 5.66. The quantitative estimate of drug-likeness (QED) is 0.0603. The molecule has 2 aromatic rings. The van der Waals surface area contributed by atoms with Gasteiger partial charge in [-0.3, -0.25) is 5.43 Å². The van der Waals surface area contributed by atoms with Crippen LogP contribution in [0.5, 0.6) is 17.2 Å². The van der Waals surface area contributed by atoms with Crippen molar-refractivity contribution in [3.05, 3.63) is 73.4 Å². The first kappa shape index (κ1) is 31.2. The van der Waals surface area contributed by atoms with E-state index in [4.69, 9.17) is 18.9 Å². The number of allylic oxidation sites excluding steroid dienone is 1. The van der Waals surface area contributed by atoms with Crippen molar-refractivity contribution in [1.29, 1.82) is 0 Å². The molecule has 1 heterocycles. The Kier molecular flexibility index (Phi) is 11.6. The molecule has 4 N–H and O–H groups in total. The Bertz CT molecular complexity index is 1290. The highest BCUT2D eigenvalue weighted by molar-refractivity contribution is 14.1. The Hall–Kier alpha value is -3.30. The molecule has 1 aliphatic rings. The summed E-state index contributed by atoms with van der Waals surface area (Å²) < 4.78 is 23.7. The number of methoxy groups -OCH3 is 1. The largest absolute Gasteiger partial charge is 0.490 e. The van der Waals surface area contributed by atoms with Crippen LogP contribution in [0, 0.1) is 3.57 Å². The molecular weight excluding hydrogens is 699 g/mol. The van der Waals surface area contributed by atoms with Crippen molar-refractivity contribution in [2.45, 2.75) is 26.1 Å². The van der Waals surface area contributed by atoms with Gasteiger partial charge in [0, 0.05) is 5.70 Å². The highest BCUT2D eigenvalue weighted by Gasteiger charge is 2.32. The van der Waals surface area contributed by atoms with Gasteiger partial charge in [-0.2, -0.15) is 5.10 Å². The van der Waals surface area contributed by atoms with Crippen LogP contribution < -0.4 is 30.3 Å². The molecule has 13 heteroatoms. The van der Waals surface area contributed by atoms with Crippen LogP contribution in [0.15, 0.2) is 63.8 Å². The molecule has 214 valence electrons. The third kappa shape index (κ3) is 8.11. The number of halogens is 2. The summed E-state index contributed by atoms with van der Waals surface area (Å²) in [6.07, 6.45) is 2.11. The van der Waals surface area contributed by atoms with Crippen LogP contribution in [-0.4, -0.2) is 56.5 Å². The lowest BCUT2D eigenvalue weighted by atomic mass is 9.95. The molecule has 0 fully saturated rings. The zero-order chi connectivity index (χ0) is 29.2. The number of hydrogen-bond donors (Lipinski definition) is 4. The number of nitrogens with zero attached hydrogens (tertiary/aromatic N) is 1. The van der Waals surface area contributed by atoms with Gasteiger partial charge in [0.05, 0.1) is 39.6 Å². The van der Waals surface area contributed by atoms with Crippen molar-refractivity contribution < 1.29 is 33.6 Å². The van der Waals surface area contributed by atoms with E-state index in [2.05, 4.69) is 66.3 Å². The molecule has 3 rings (SSSR count). The lowest BCUT2D eigenvalue weighted by Crippen LogP contribution is -2.45. The third-order valence-corrected chi connectivity index (χ3v) is 6.87. The van der Waals surface area contributed by atoms with Gasteiger partial charge in [-0.15, -0.1) is 0 Å². The SMILES string of the molecule is C=CCOc1c(Br)cc(/C=N\N[C@@H](O)COc2ccc([C@H]3NC(=O)NC(C)=C3C(=O)OC)cc2OCC)cc1I. The first-order chi connectivity index (χ1) is 19.2. The second kappa shape index (κ2) is 14.9. The summed E-state index contributed by atoms with van der Waals surface area (Å²) in [5.41, 5.74) is 4.68. The monoisotopic (exact) mass is 728 g/mol. The number of aliphatic hydroxyl groups excluding tert-OH is 1. The van der Waals surface area contributed by atoms with Crippen molar-refractivity contribution in [1.82, 2.24) is 16.1 Å². The van der Waals surface area contributed by atoms with Gasteiger partial charge in [0.2, 0.25) is 0 Å². The molecule has 0 unspecified atom stereocenters. The van der Waals surface area contributed by atoms with Crippen molar-refractivity contribution in [3.8, 4) is 17.2 Å². The van der Waals surface area contributed by atoms with Crippen molar-refractivity contribution in [2.75, 3.05) is 26.9 Å². The smallest absolute Gasteiger partial charge is 0.337 e. The number of esters is 1. The Balaban J connectivity index is 1.68. The summed E-state index contributed by atoms with van der Waals surface area (Å²) in [6, 6.07) is 7.56. The van der Waals surface area contributed by atoms with Crippen LogP contribution >= 0.6 is 38.5 Å². The number of rotatable bonds is 13. The fourth-order valence-electron chi connectivity index (χ4n) is 3.75. The molecule has 0 spiro atoms. The predicted octanol–water partition coefficient (Wildman–Crippen LogP) is 4.14. The van der Waals surface area contributed by atoms with E-state index in [-0.39, 0.29) is 12.2 Å². The van der Waals surface area contributed by atoms with E-state index < -0.39 is 24.3 Å². The lowest BCUT2D eigenvalue weighted by molar-refractivity contribution is -0.136. The summed E-state index contributed by atoms with van der Waals surface area (Å²) in [7, 11) is 1.28. The van der Waals surface area contributed by atoms with Crippen LogP contribution in [0.4, 0.5) is 4.79 Å². The van der Waals surface area contributed by atoms with Crippen LogP contribution in [0.25, 0.3) is 0 Å². The molecule has 2 atom stereocenters. The van der Waals surface area contributed by atoms with E-state index >= 15 is 0 Å². The minimum absolute atomic E-state index is 0.136. The Morgan fingerprint density at radius 2 is 2.05 bits per heavy atom. The molecule has 2 aromatic carbocycles. The minimum Gasteiger partial charge on any atom is -0.490 e. The van der Waals surface area contributed by atoms with Crippen molar-refractivity contribution in [3.63, 3.8) is 0 Å². The number of aliphatic hydroxyl groups is 1. The van der Waals surface area contributed by atoms with E-state index in [1.165, 1.54) is 7.11 Å². The molecular formula is C27H30BrIN4O7. The minimum atomic E-state index is -1.12. The van der Waals surface area contributed by atoms with Gasteiger partial charge >= 0.3 is 12.0 Å². The fraction of sp³-hybridized carbons (Fsp3) is 0.296. The Morgan fingerprint density at radius 1 is 1.27 bits per heavy atom. The highest BCUT2D eigenvalue weighted by atomic mass is 127. The maximum Gasteiger partial charge on any atom is 0.337 e. The summed E-state index contributed by atoms with van der Waals surface area (Å²) in [5, 5.41) is 19.8. The van der Waals surface area contributed by atoms with E-state index in [1.807, 2.05) is 19.1 Å². The van der Waals surface area contributed by atoms with Crippen LogP contribution in [-0.2, 0) is 9.53 Å². The second-order valence-electron chi connectivity index (χ2n) is 8.33. The zero-order valence-electron chi connectivity index (χ0n) is 22.1. The molecule has 2 amide bonds. The summed E-state index contributed by atoms with van der Waals surface area (Å²) in [5.74, 6) is 0.889. The van der Waals surface area contributed by atoms with Gasteiger partial charge in [-0.05, 0) is 87.8 Å². The lowest BCUT2D eigenvalue weighted by Gasteiger charge is -2.28. The zero-order valence-corrected chi connectivity index (χ0v) is 25.9. The fourth-order valence-corrected chi connectivity index (χ4v) is 5.52. The average Bonchev–Trinajstić information content (AvgIpc) is 2.91. The standard InChI is InChI=1S/C27H30BrIN4O7/c1-5-9-39-25-18(28)10-16(11-19(25)29)13-30-33-22(34)14-40-20-8-7-17(12-21(20)38-6-2)24-23(26(35)37-4)15(3)31-27(36)32-24/h5,7-8,10-13,22,24,33-34H,1,6,9,14H2,2-4H3,(H2,31,32,36)/b30-13-/t22-,24+/m0/s1. The number of carbonyl (C=O) groups is 2. The van der Waals surface area contributed by atoms with Gasteiger partial charge in [0.25, 0.3) is 0 Å². The molecule has 1 aliphatic heterocycles. The number of benzene rings is 2. The molecule has 0 aromatic heterocycles. The maximum atomic E-state index is 12.4. The highest BCUT2D eigenvalue weighted by Crippen LogP contribution is 2.35. The van der Waals surface area contributed by atoms with E-state index in [0.717, 1.165) is 13.6 Å². The number of amides is 2. The number of nitrogens with one attached hydrogen (secondary N) is 3. The first-order valence-corrected chi connectivity index (χ1v) is 14.0. The normalized spacial score (nSPS) is 15.7. The van der Waals surface area contributed by atoms with Gasteiger partial charge in [0.15, 0.2) is 17.7 Å². The third-order valence-electron chi connectivity index (χ3n) is 5.48. The molecule has 0 saturated heterocycles.